The van der Waals surface area contributed by atoms with Gasteiger partial charge in [-0.05, 0) is 0 Å². The number of carboxylic acids is 1. The van der Waals surface area contributed by atoms with Crippen LogP contribution in [0.3, 0.4) is 0 Å². The molecule has 0 saturated carbocycles. The Balaban J connectivity index is 2.35. The third kappa shape index (κ3) is 2.59. The molecule has 1 saturated heterocycles. The van der Waals surface area contributed by atoms with Crippen molar-refractivity contribution in [1.82, 2.24) is 15.5 Å². The second-order valence-electron chi connectivity index (χ2n) is 3.59. The molecule has 0 amide bonds. The summed E-state index contributed by atoms with van der Waals surface area (Å²) in [7, 11) is 0. The fourth-order valence-corrected chi connectivity index (χ4v) is 2.10. The van der Waals surface area contributed by atoms with Gasteiger partial charge in [0.15, 0.2) is 10.3 Å². The van der Waals surface area contributed by atoms with Gasteiger partial charge in [0, 0.05) is 25.7 Å². The van der Waals surface area contributed by atoms with Gasteiger partial charge >= 0.3 is 5.97 Å². The Bertz CT molecular complexity index is 443. The van der Waals surface area contributed by atoms with Crippen molar-refractivity contribution in [3.63, 3.8) is 0 Å². The molecular formula is C9H10Cl2N4O2. The number of nitrogens with one attached hydrogen (secondary N) is 1. The number of rotatable bonds is 2. The van der Waals surface area contributed by atoms with Gasteiger partial charge < -0.3 is 15.3 Å². The minimum atomic E-state index is -0.916. The van der Waals surface area contributed by atoms with Crippen LogP contribution in [-0.2, 0) is 4.79 Å². The van der Waals surface area contributed by atoms with Crippen LogP contribution in [0.25, 0.3) is 0 Å². The van der Waals surface area contributed by atoms with Crippen LogP contribution >= 0.6 is 23.2 Å². The second kappa shape index (κ2) is 5.03. The number of carbonyl (C=O) groups is 1. The topological polar surface area (TPSA) is 78.4 Å². The fourth-order valence-electron chi connectivity index (χ4n) is 1.76. The summed E-state index contributed by atoms with van der Waals surface area (Å²) >= 11 is 11.7. The van der Waals surface area contributed by atoms with E-state index in [9.17, 15) is 4.79 Å². The highest BCUT2D eigenvalue weighted by molar-refractivity contribution is 6.33. The molecule has 0 bridgehead atoms. The number of hydrogen-bond donors (Lipinski definition) is 2. The van der Waals surface area contributed by atoms with E-state index < -0.39 is 12.0 Å². The maximum absolute atomic E-state index is 11.1. The molecule has 1 aromatic rings. The number of hydrogen-bond acceptors (Lipinski definition) is 5. The van der Waals surface area contributed by atoms with E-state index in [1.165, 1.54) is 6.07 Å². The molecule has 2 heterocycles. The van der Waals surface area contributed by atoms with Crippen molar-refractivity contribution in [3.8, 4) is 0 Å². The molecule has 2 N–H and O–H groups in total. The summed E-state index contributed by atoms with van der Waals surface area (Å²) in [5, 5.41) is 19.8. The average Bonchev–Trinajstić information content (AvgIpc) is 2.32. The maximum atomic E-state index is 11.1. The van der Waals surface area contributed by atoms with Gasteiger partial charge in [0.1, 0.15) is 6.04 Å². The van der Waals surface area contributed by atoms with Crippen LogP contribution in [0.15, 0.2) is 6.07 Å². The molecule has 0 aromatic carbocycles. The number of piperazine rings is 1. The van der Waals surface area contributed by atoms with Gasteiger partial charge in [-0.15, -0.1) is 10.2 Å². The second-order valence-corrected chi connectivity index (χ2v) is 4.34. The highest BCUT2D eigenvalue weighted by atomic mass is 35.5. The standard InChI is InChI=1S/C9H10Cl2N4O2/c10-7-3-5(8(11)14-13-7)15-2-1-12-4-6(15)9(16)17/h3,6,12H,1-2,4H2,(H,16,17). The van der Waals surface area contributed by atoms with Gasteiger partial charge in [-0.25, -0.2) is 4.79 Å². The third-order valence-corrected chi connectivity index (χ3v) is 2.99. The zero-order valence-corrected chi connectivity index (χ0v) is 10.2. The first-order chi connectivity index (χ1) is 8.09. The van der Waals surface area contributed by atoms with Gasteiger partial charge in [-0.3, -0.25) is 0 Å². The van der Waals surface area contributed by atoms with E-state index in [2.05, 4.69) is 15.5 Å². The van der Waals surface area contributed by atoms with Crippen LogP contribution in [-0.4, -0.2) is 46.9 Å². The predicted molar refractivity (Wildman–Crippen MR) is 63.7 cm³/mol. The Labute approximate surface area is 108 Å². The van der Waals surface area contributed by atoms with Gasteiger partial charge in [0.05, 0.1) is 5.69 Å². The highest BCUT2D eigenvalue weighted by Gasteiger charge is 2.30. The van der Waals surface area contributed by atoms with Crippen LogP contribution < -0.4 is 10.2 Å². The van der Waals surface area contributed by atoms with Crippen LogP contribution in [0, 0.1) is 0 Å². The highest BCUT2D eigenvalue weighted by Crippen LogP contribution is 2.27. The lowest BCUT2D eigenvalue weighted by Crippen LogP contribution is -2.55. The Morgan fingerprint density at radius 1 is 1.53 bits per heavy atom. The lowest BCUT2D eigenvalue weighted by atomic mass is 10.2. The summed E-state index contributed by atoms with van der Waals surface area (Å²) in [5.74, 6) is -0.916. The Kier molecular flexibility index (Phi) is 3.66. The number of halogens is 2. The van der Waals surface area contributed by atoms with Crippen molar-refractivity contribution in [1.29, 1.82) is 0 Å². The maximum Gasteiger partial charge on any atom is 0.327 e. The van der Waals surface area contributed by atoms with Crippen molar-refractivity contribution in [2.75, 3.05) is 24.5 Å². The van der Waals surface area contributed by atoms with Gasteiger partial charge in [0.25, 0.3) is 0 Å². The van der Waals surface area contributed by atoms with Crippen molar-refractivity contribution < 1.29 is 9.90 Å². The lowest BCUT2D eigenvalue weighted by molar-refractivity contribution is -0.138. The smallest absolute Gasteiger partial charge is 0.327 e. The average molecular weight is 277 g/mol. The van der Waals surface area contributed by atoms with Gasteiger partial charge in [-0.1, -0.05) is 23.2 Å². The monoisotopic (exact) mass is 276 g/mol. The Hall–Kier alpha value is -1.11. The Morgan fingerprint density at radius 2 is 2.29 bits per heavy atom. The molecule has 0 aliphatic carbocycles. The molecular weight excluding hydrogens is 267 g/mol. The van der Waals surface area contributed by atoms with E-state index in [-0.39, 0.29) is 10.3 Å². The summed E-state index contributed by atoms with van der Waals surface area (Å²) in [6.45, 7) is 1.56. The largest absolute Gasteiger partial charge is 0.480 e. The van der Waals surface area contributed by atoms with Crippen molar-refractivity contribution in [3.05, 3.63) is 16.4 Å². The zero-order chi connectivity index (χ0) is 12.4. The first-order valence-electron chi connectivity index (χ1n) is 4.98. The molecule has 0 spiro atoms. The molecule has 1 unspecified atom stereocenters. The first-order valence-corrected chi connectivity index (χ1v) is 5.74. The quantitative estimate of drug-likeness (QED) is 0.826. The number of nitrogens with zero attached hydrogens (tertiary/aromatic N) is 3. The van der Waals surface area contributed by atoms with Crippen LogP contribution in [0.5, 0.6) is 0 Å². The molecule has 2 rings (SSSR count). The Morgan fingerprint density at radius 3 is 3.00 bits per heavy atom. The molecule has 1 fully saturated rings. The molecule has 1 aromatic heterocycles. The molecule has 92 valence electrons. The van der Waals surface area contributed by atoms with E-state index in [4.69, 9.17) is 28.3 Å². The van der Waals surface area contributed by atoms with Crippen molar-refractivity contribution >= 4 is 34.9 Å². The number of aliphatic carboxylic acids is 1. The van der Waals surface area contributed by atoms with E-state index in [0.29, 0.717) is 25.3 Å². The molecule has 1 aliphatic rings. The fraction of sp³-hybridized carbons (Fsp3) is 0.444. The molecule has 1 atom stereocenters. The summed E-state index contributed by atoms with van der Waals surface area (Å²) in [4.78, 5) is 12.8. The van der Waals surface area contributed by atoms with E-state index >= 15 is 0 Å². The van der Waals surface area contributed by atoms with E-state index in [0.717, 1.165) is 0 Å². The van der Waals surface area contributed by atoms with Gasteiger partial charge in [-0.2, -0.15) is 0 Å². The molecule has 0 radical (unpaired) electrons. The van der Waals surface area contributed by atoms with Crippen LogP contribution in [0.2, 0.25) is 10.3 Å². The van der Waals surface area contributed by atoms with Crippen LogP contribution in [0.1, 0.15) is 0 Å². The van der Waals surface area contributed by atoms with E-state index in [1.54, 1.807) is 4.90 Å². The molecule has 1 aliphatic heterocycles. The normalized spacial score (nSPS) is 20.4. The van der Waals surface area contributed by atoms with Crippen molar-refractivity contribution in [2.24, 2.45) is 0 Å². The summed E-state index contributed by atoms with van der Waals surface area (Å²) in [5.41, 5.74) is 0.501. The summed E-state index contributed by atoms with van der Waals surface area (Å²) in [6, 6.07) is 0.847. The zero-order valence-electron chi connectivity index (χ0n) is 8.73. The number of anilines is 1. The van der Waals surface area contributed by atoms with Crippen LogP contribution in [0.4, 0.5) is 5.69 Å². The summed E-state index contributed by atoms with van der Waals surface area (Å²) < 4.78 is 0. The van der Waals surface area contributed by atoms with Crippen molar-refractivity contribution in [2.45, 2.75) is 6.04 Å². The molecule has 8 heteroatoms. The third-order valence-electron chi connectivity index (χ3n) is 2.54. The molecule has 6 nitrogen and oxygen atoms in total. The first kappa shape index (κ1) is 12.3. The molecule has 17 heavy (non-hydrogen) atoms. The van der Waals surface area contributed by atoms with E-state index in [1.807, 2.05) is 0 Å². The van der Waals surface area contributed by atoms with Gasteiger partial charge in [0.2, 0.25) is 0 Å². The number of aromatic nitrogens is 2. The number of carboxylic acid groups (broad SMARTS) is 1. The predicted octanol–water partition coefficient (Wildman–Crippen LogP) is 0.646. The minimum Gasteiger partial charge on any atom is -0.480 e. The lowest BCUT2D eigenvalue weighted by Gasteiger charge is -2.35. The SMILES string of the molecule is O=C(O)C1CNCCN1c1cc(Cl)nnc1Cl. The minimum absolute atomic E-state index is 0.155. The summed E-state index contributed by atoms with van der Waals surface area (Å²) in [6.07, 6.45) is 0.